The van der Waals surface area contributed by atoms with Crippen LogP contribution < -0.4 is 11.6 Å². The van der Waals surface area contributed by atoms with Crippen molar-refractivity contribution in [1.82, 2.24) is 0 Å². The van der Waals surface area contributed by atoms with Gasteiger partial charge in [-0.3, -0.25) is 0 Å². The molecule has 0 saturated heterocycles. The van der Waals surface area contributed by atoms with Crippen molar-refractivity contribution in [2.24, 2.45) is 10.9 Å². The Kier molecular flexibility index (Phi) is 3.01. The minimum Gasteiger partial charge on any atom is -0.396 e. The summed E-state index contributed by atoms with van der Waals surface area (Å²) < 4.78 is 0. The number of anilines is 1. The first kappa shape index (κ1) is 10.2. The van der Waals surface area contributed by atoms with Crippen molar-refractivity contribution in [1.29, 1.82) is 0 Å². The van der Waals surface area contributed by atoms with Gasteiger partial charge in [0.1, 0.15) is 0 Å². The molecule has 0 aliphatic carbocycles. The summed E-state index contributed by atoms with van der Waals surface area (Å²) in [5.41, 5.74) is 7.36. The van der Waals surface area contributed by atoms with E-state index in [9.17, 15) is 0 Å². The van der Waals surface area contributed by atoms with Crippen LogP contribution in [0.5, 0.6) is 0 Å². The van der Waals surface area contributed by atoms with E-state index in [-0.39, 0.29) is 0 Å². The first-order valence-corrected chi connectivity index (χ1v) is 4.31. The Labute approximate surface area is 86.3 Å². The fourth-order valence-electron chi connectivity index (χ4n) is 0.868. The predicted octanol–water partition coefficient (Wildman–Crippen LogP) is 2.26. The normalized spacial score (nSPS) is 11.8. The molecule has 0 fully saturated rings. The maximum absolute atomic E-state index is 5.81. The number of rotatable bonds is 1. The number of hydrogen-bond acceptors (Lipinski definition) is 3. The number of benzene rings is 1. The molecular formula is C8H9Cl2N3. The van der Waals surface area contributed by atoms with Crippen LogP contribution in [-0.4, -0.2) is 5.71 Å². The van der Waals surface area contributed by atoms with E-state index in [1.807, 2.05) is 0 Å². The summed E-state index contributed by atoms with van der Waals surface area (Å²) in [5, 5.41) is 4.34. The predicted molar refractivity (Wildman–Crippen MR) is 57.3 cm³/mol. The topological polar surface area (TPSA) is 64.4 Å². The lowest BCUT2D eigenvalue weighted by molar-refractivity contribution is 1.24. The molecular weight excluding hydrogens is 209 g/mol. The molecule has 0 aliphatic heterocycles. The van der Waals surface area contributed by atoms with Gasteiger partial charge in [-0.05, 0) is 19.1 Å². The summed E-state index contributed by atoms with van der Waals surface area (Å²) >= 11 is 11.6. The van der Waals surface area contributed by atoms with E-state index in [0.29, 0.717) is 21.4 Å². The Morgan fingerprint density at radius 3 is 2.15 bits per heavy atom. The fourth-order valence-corrected chi connectivity index (χ4v) is 1.35. The van der Waals surface area contributed by atoms with Crippen LogP contribution in [0.25, 0.3) is 0 Å². The van der Waals surface area contributed by atoms with Crippen molar-refractivity contribution in [3.8, 4) is 0 Å². The van der Waals surface area contributed by atoms with Crippen LogP contribution in [0.2, 0.25) is 10.0 Å². The van der Waals surface area contributed by atoms with Crippen LogP contribution in [0.4, 0.5) is 5.69 Å². The summed E-state index contributed by atoms with van der Waals surface area (Å²) in [4.78, 5) is 0. The van der Waals surface area contributed by atoms with Gasteiger partial charge in [0.05, 0.1) is 21.4 Å². The van der Waals surface area contributed by atoms with Crippen molar-refractivity contribution in [2.45, 2.75) is 6.92 Å². The molecule has 0 saturated carbocycles. The molecule has 0 spiro atoms. The van der Waals surface area contributed by atoms with Gasteiger partial charge in [-0.25, -0.2) is 0 Å². The summed E-state index contributed by atoms with van der Waals surface area (Å²) in [6.45, 7) is 1.76. The maximum atomic E-state index is 5.81. The van der Waals surface area contributed by atoms with Gasteiger partial charge in [-0.2, -0.15) is 5.10 Å². The van der Waals surface area contributed by atoms with Crippen molar-refractivity contribution in [3.63, 3.8) is 0 Å². The third-order valence-electron chi connectivity index (χ3n) is 1.69. The minimum absolute atomic E-state index is 0.372. The zero-order chi connectivity index (χ0) is 10.0. The van der Waals surface area contributed by atoms with Crippen LogP contribution in [-0.2, 0) is 0 Å². The molecule has 0 radical (unpaired) electrons. The molecule has 0 unspecified atom stereocenters. The van der Waals surface area contributed by atoms with Gasteiger partial charge in [-0.1, -0.05) is 23.2 Å². The SMILES string of the molecule is C/C(=N/N)c1cc(Cl)c(N)c(Cl)c1. The number of hydrazone groups is 1. The van der Waals surface area contributed by atoms with Crippen LogP contribution in [0.1, 0.15) is 12.5 Å². The largest absolute Gasteiger partial charge is 0.396 e. The van der Waals surface area contributed by atoms with Gasteiger partial charge >= 0.3 is 0 Å². The molecule has 0 bridgehead atoms. The first-order valence-electron chi connectivity index (χ1n) is 3.55. The molecule has 0 atom stereocenters. The molecule has 13 heavy (non-hydrogen) atoms. The van der Waals surface area contributed by atoms with Gasteiger partial charge in [0.2, 0.25) is 0 Å². The van der Waals surface area contributed by atoms with E-state index in [2.05, 4.69) is 5.10 Å². The van der Waals surface area contributed by atoms with Gasteiger partial charge in [0.15, 0.2) is 0 Å². The molecule has 1 aromatic carbocycles. The van der Waals surface area contributed by atoms with E-state index < -0.39 is 0 Å². The van der Waals surface area contributed by atoms with Gasteiger partial charge in [-0.15, -0.1) is 0 Å². The first-order chi connectivity index (χ1) is 6.06. The number of halogens is 2. The second-order valence-electron chi connectivity index (χ2n) is 2.57. The monoisotopic (exact) mass is 217 g/mol. The minimum atomic E-state index is 0.372. The van der Waals surface area contributed by atoms with E-state index >= 15 is 0 Å². The second kappa shape index (κ2) is 3.85. The molecule has 5 heteroatoms. The second-order valence-corrected chi connectivity index (χ2v) is 3.38. The van der Waals surface area contributed by atoms with Gasteiger partial charge < -0.3 is 11.6 Å². The van der Waals surface area contributed by atoms with Gasteiger partial charge in [0, 0.05) is 5.56 Å². The lowest BCUT2D eigenvalue weighted by atomic mass is 10.1. The number of nitrogens with zero attached hydrogens (tertiary/aromatic N) is 1. The highest BCUT2D eigenvalue weighted by Crippen LogP contribution is 2.28. The van der Waals surface area contributed by atoms with E-state index in [0.717, 1.165) is 5.56 Å². The fraction of sp³-hybridized carbons (Fsp3) is 0.125. The van der Waals surface area contributed by atoms with E-state index in [1.165, 1.54) is 0 Å². The molecule has 3 nitrogen and oxygen atoms in total. The number of nitrogens with two attached hydrogens (primary N) is 2. The van der Waals surface area contributed by atoms with Crippen LogP contribution in [0.15, 0.2) is 17.2 Å². The third-order valence-corrected chi connectivity index (χ3v) is 2.32. The molecule has 1 aromatic rings. The Morgan fingerprint density at radius 1 is 1.31 bits per heavy atom. The molecule has 0 amide bonds. The average molecular weight is 218 g/mol. The smallest absolute Gasteiger partial charge is 0.0693 e. The standard InChI is InChI=1S/C8H9Cl2N3/c1-4(13-12)5-2-6(9)8(11)7(10)3-5/h2-3H,11-12H2,1H3/b13-4-. The highest BCUT2D eigenvalue weighted by atomic mass is 35.5. The Hall–Kier alpha value is -0.930. The highest BCUT2D eigenvalue weighted by molar-refractivity contribution is 6.39. The summed E-state index contributed by atoms with van der Waals surface area (Å²) in [6, 6.07) is 3.35. The molecule has 4 N–H and O–H groups in total. The van der Waals surface area contributed by atoms with E-state index in [4.69, 9.17) is 34.8 Å². The summed E-state index contributed by atoms with van der Waals surface area (Å²) in [5.74, 6) is 5.11. The summed E-state index contributed by atoms with van der Waals surface area (Å²) in [7, 11) is 0. The molecule has 0 aliphatic rings. The van der Waals surface area contributed by atoms with Crippen molar-refractivity contribution in [3.05, 3.63) is 27.7 Å². The lowest BCUT2D eigenvalue weighted by Gasteiger charge is -2.04. The molecule has 70 valence electrons. The van der Waals surface area contributed by atoms with Crippen molar-refractivity contribution in [2.75, 3.05) is 5.73 Å². The Morgan fingerprint density at radius 2 is 1.77 bits per heavy atom. The summed E-state index contributed by atoms with van der Waals surface area (Å²) in [6.07, 6.45) is 0. The molecule has 0 aromatic heterocycles. The quantitative estimate of drug-likeness (QED) is 0.328. The van der Waals surface area contributed by atoms with Gasteiger partial charge in [0.25, 0.3) is 0 Å². The average Bonchev–Trinajstić information content (AvgIpc) is 2.12. The third kappa shape index (κ3) is 2.05. The van der Waals surface area contributed by atoms with Crippen LogP contribution in [0, 0.1) is 0 Å². The number of hydrogen-bond donors (Lipinski definition) is 2. The van der Waals surface area contributed by atoms with E-state index in [1.54, 1.807) is 19.1 Å². The van der Waals surface area contributed by atoms with Crippen LogP contribution in [0.3, 0.4) is 0 Å². The zero-order valence-electron chi connectivity index (χ0n) is 7.01. The maximum Gasteiger partial charge on any atom is 0.0693 e. The Balaban J connectivity index is 3.29. The highest BCUT2D eigenvalue weighted by Gasteiger charge is 2.06. The van der Waals surface area contributed by atoms with Crippen molar-refractivity contribution < 1.29 is 0 Å². The lowest BCUT2D eigenvalue weighted by Crippen LogP contribution is -2.00. The van der Waals surface area contributed by atoms with Crippen LogP contribution >= 0.6 is 23.2 Å². The zero-order valence-corrected chi connectivity index (χ0v) is 8.52. The Bertz CT molecular complexity index is 337. The van der Waals surface area contributed by atoms with Crippen molar-refractivity contribution >= 4 is 34.6 Å². The molecule has 0 heterocycles. The molecule has 1 rings (SSSR count). The number of nitrogen functional groups attached to an aromatic ring is 1.